The average Bonchev–Trinajstić information content (AvgIpc) is 3.49. The predicted molar refractivity (Wildman–Crippen MR) is 136 cm³/mol. The van der Waals surface area contributed by atoms with Gasteiger partial charge in [-0.1, -0.05) is 37.3 Å². The van der Waals surface area contributed by atoms with E-state index >= 15 is 0 Å². The zero-order chi connectivity index (χ0) is 25.9. The molecular formula is C29H27NO7. The fraction of sp³-hybridized carbons (Fsp3) is 0.241. The highest BCUT2D eigenvalue weighted by atomic mass is 16.7. The first-order valence-corrected chi connectivity index (χ1v) is 12.0. The van der Waals surface area contributed by atoms with Gasteiger partial charge in [0.15, 0.2) is 11.5 Å². The van der Waals surface area contributed by atoms with E-state index < -0.39 is 17.7 Å². The molecule has 1 unspecified atom stereocenters. The predicted octanol–water partition coefficient (Wildman–Crippen LogP) is 4.83. The number of likely N-dealkylation sites (tertiary alicyclic amines) is 1. The van der Waals surface area contributed by atoms with E-state index in [2.05, 4.69) is 0 Å². The maximum Gasteiger partial charge on any atom is 0.295 e. The molecule has 3 aromatic carbocycles. The van der Waals surface area contributed by atoms with Gasteiger partial charge in [-0.25, -0.2) is 0 Å². The summed E-state index contributed by atoms with van der Waals surface area (Å²) in [6, 6.07) is 18.6. The van der Waals surface area contributed by atoms with Crippen LogP contribution in [-0.2, 0) is 16.1 Å². The summed E-state index contributed by atoms with van der Waals surface area (Å²) in [5, 5.41) is 11.4. The van der Waals surface area contributed by atoms with Crippen LogP contribution in [0.3, 0.4) is 0 Å². The Morgan fingerprint density at radius 1 is 1.00 bits per heavy atom. The first-order valence-electron chi connectivity index (χ1n) is 12.0. The van der Waals surface area contributed by atoms with Crippen LogP contribution in [0, 0.1) is 0 Å². The summed E-state index contributed by atoms with van der Waals surface area (Å²) >= 11 is 0. The molecule has 2 heterocycles. The SMILES string of the molecule is CCCOc1cccc(/C(O)=C2\C(=O)C(=O)N(Cc3ccc4c(c3)OCO4)C2c2ccc(OC)cc2)c1. The van der Waals surface area contributed by atoms with Gasteiger partial charge in [0.05, 0.1) is 25.3 Å². The molecule has 8 nitrogen and oxygen atoms in total. The Hall–Kier alpha value is -4.46. The number of hydrogen-bond acceptors (Lipinski definition) is 7. The second-order valence-electron chi connectivity index (χ2n) is 8.76. The fourth-order valence-corrected chi connectivity index (χ4v) is 4.52. The molecule has 0 radical (unpaired) electrons. The van der Waals surface area contributed by atoms with Gasteiger partial charge in [0.2, 0.25) is 6.79 Å². The van der Waals surface area contributed by atoms with E-state index in [1.54, 1.807) is 67.8 Å². The molecule has 1 fully saturated rings. The molecule has 3 aromatic rings. The van der Waals surface area contributed by atoms with Crippen LogP contribution in [0.2, 0.25) is 0 Å². The van der Waals surface area contributed by atoms with Crippen LogP contribution in [0.5, 0.6) is 23.0 Å². The van der Waals surface area contributed by atoms with Crippen molar-refractivity contribution in [1.29, 1.82) is 0 Å². The number of aliphatic hydroxyl groups excluding tert-OH is 1. The lowest BCUT2D eigenvalue weighted by molar-refractivity contribution is -0.140. The minimum absolute atomic E-state index is 0.0172. The third-order valence-electron chi connectivity index (χ3n) is 6.34. The Morgan fingerprint density at radius 2 is 1.78 bits per heavy atom. The number of amides is 1. The van der Waals surface area contributed by atoms with Crippen molar-refractivity contribution in [3.63, 3.8) is 0 Å². The highest BCUT2D eigenvalue weighted by molar-refractivity contribution is 6.46. The maximum absolute atomic E-state index is 13.4. The number of benzene rings is 3. The summed E-state index contributed by atoms with van der Waals surface area (Å²) in [6.07, 6.45) is 0.832. The van der Waals surface area contributed by atoms with Crippen LogP contribution in [0.25, 0.3) is 5.76 Å². The molecule has 0 bridgehead atoms. The largest absolute Gasteiger partial charge is 0.507 e. The summed E-state index contributed by atoms with van der Waals surface area (Å²) in [7, 11) is 1.56. The Morgan fingerprint density at radius 3 is 2.54 bits per heavy atom. The molecule has 2 aliphatic heterocycles. The third-order valence-corrected chi connectivity index (χ3v) is 6.34. The van der Waals surface area contributed by atoms with Gasteiger partial charge in [-0.15, -0.1) is 0 Å². The van der Waals surface area contributed by atoms with E-state index in [9.17, 15) is 14.7 Å². The number of Topliss-reactive ketones (excluding diaryl/α,β-unsaturated/α-hetero) is 1. The molecule has 0 aliphatic carbocycles. The molecule has 1 atom stereocenters. The molecule has 0 spiro atoms. The van der Waals surface area contributed by atoms with Crippen molar-refractivity contribution in [2.75, 3.05) is 20.5 Å². The van der Waals surface area contributed by atoms with Crippen LogP contribution < -0.4 is 18.9 Å². The van der Waals surface area contributed by atoms with Gasteiger partial charge in [-0.2, -0.15) is 0 Å². The van der Waals surface area contributed by atoms with Crippen molar-refractivity contribution in [2.45, 2.75) is 25.9 Å². The number of hydrogen-bond donors (Lipinski definition) is 1. The fourth-order valence-electron chi connectivity index (χ4n) is 4.52. The molecule has 8 heteroatoms. The van der Waals surface area contributed by atoms with Crippen molar-refractivity contribution >= 4 is 17.4 Å². The number of ether oxygens (including phenoxy) is 4. The topological polar surface area (TPSA) is 94.5 Å². The molecule has 0 aromatic heterocycles. The van der Waals surface area contributed by atoms with Crippen LogP contribution in [0.1, 0.15) is 36.1 Å². The third kappa shape index (κ3) is 4.70. The first kappa shape index (κ1) is 24.2. The second-order valence-corrected chi connectivity index (χ2v) is 8.76. The number of carbonyl (C=O) groups excluding carboxylic acids is 2. The molecule has 1 N–H and O–H groups in total. The van der Waals surface area contributed by atoms with Crippen molar-refractivity contribution in [3.8, 4) is 23.0 Å². The quantitative estimate of drug-likeness (QED) is 0.268. The Kier molecular flexibility index (Phi) is 6.72. The van der Waals surface area contributed by atoms with E-state index in [1.807, 2.05) is 13.0 Å². The normalized spacial score (nSPS) is 17.8. The lowest BCUT2D eigenvalue weighted by Crippen LogP contribution is -2.29. The van der Waals surface area contributed by atoms with Gasteiger partial charge in [0.1, 0.15) is 17.3 Å². The molecule has 5 rings (SSSR count). The van der Waals surface area contributed by atoms with Crippen LogP contribution in [0.4, 0.5) is 0 Å². The average molecular weight is 502 g/mol. The summed E-state index contributed by atoms with van der Waals surface area (Å²) < 4.78 is 21.8. The lowest BCUT2D eigenvalue weighted by atomic mass is 9.95. The number of carbonyl (C=O) groups is 2. The number of ketones is 1. The highest BCUT2D eigenvalue weighted by Crippen LogP contribution is 2.42. The van der Waals surface area contributed by atoms with Crippen molar-refractivity contribution in [3.05, 3.63) is 89.0 Å². The number of nitrogens with zero attached hydrogens (tertiary/aromatic N) is 1. The van der Waals surface area contributed by atoms with Crippen LogP contribution in [-0.4, -0.2) is 42.2 Å². The maximum atomic E-state index is 13.4. The van der Waals surface area contributed by atoms with Gasteiger partial charge in [0, 0.05) is 12.1 Å². The molecule has 190 valence electrons. The lowest BCUT2D eigenvalue weighted by Gasteiger charge is -2.25. The van der Waals surface area contributed by atoms with E-state index in [0.29, 0.717) is 40.7 Å². The van der Waals surface area contributed by atoms with Crippen LogP contribution >= 0.6 is 0 Å². The van der Waals surface area contributed by atoms with Gasteiger partial charge in [0.25, 0.3) is 11.7 Å². The van der Waals surface area contributed by atoms with Gasteiger partial charge >= 0.3 is 0 Å². The first-order chi connectivity index (χ1) is 18.0. The van der Waals surface area contributed by atoms with Gasteiger partial charge in [-0.3, -0.25) is 9.59 Å². The standard InChI is InChI=1S/C29H27NO7/c1-3-13-35-22-6-4-5-20(15-22)27(31)25-26(19-8-10-21(34-2)11-9-19)30(29(33)28(25)32)16-18-7-12-23-24(14-18)37-17-36-23/h4-12,14-15,26,31H,3,13,16-17H2,1-2H3/b27-25+. The Bertz CT molecular complexity index is 1360. The number of aliphatic hydroxyl groups is 1. The Labute approximate surface area is 214 Å². The summed E-state index contributed by atoms with van der Waals surface area (Å²) in [5.74, 6) is 0.715. The molecule has 0 saturated carbocycles. The summed E-state index contributed by atoms with van der Waals surface area (Å²) in [5.41, 5.74) is 1.84. The molecule has 1 saturated heterocycles. The molecular weight excluding hydrogens is 474 g/mol. The minimum atomic E-state index is -0.809. The van der Waals surface area contributed by atoms with Gasteiger partial charge in [-0.05, 0) is 53.9 Å². The van der Waals surface area contributed by atoms with Crippen molar-refractivity contribution in [2.24, 2.45) is 0 Å². The molecule has 1 amide bonds. The summed E-state index contributed by atoms with van der Waals surface area (Å²) in [6.45, 7) is 2.79. The number of methoxy groups -OCH3 is 1. The second kappa shape index (κ2) is 10.3. The van der Waals surface area contributed by atoms with E-state index in [4.69, 9.17) is 18.9 Å². The summed E-state index contributed by atoms with van der Waals surface area (Å²) in [4.78, 5) is 28.2. The van der Waals surface area contributed by atoms with Crippen molar-refractivity contribution < 1.29 is 33.6 Å². The van der Waals surface area contributed by atoms with Gasteiger partial charge < -0.3 is 29.0 Å². The zero-order valence-electron chi connectivity index (χ0n) is 20.6. The molecule has 2 aliphatic rings. The minimum Gasteiger partial charge on any atom is -0.507 e. The number of fused-ring (bicyclic) bond motifs is 1. The van der Waals surface area contributed by atoms with Crippen LogP contribution in [0.15, 0.2) is 72.3 Å². The zero-order valence-corrected chi connectivity index (χ0v) is 20.6. The van der Waals surface area contributed by atoms with E-state index in [-0.39, 0.29) is 24.7 Å². The number of rotatable bonds is 8. The molecule has 37 heavy (non-hydrogen) atoms. The van der Waals surface area contributed by atoms with E-state index in [0.717, 1.165) is 12.0 Å². The Balaban J connectivity index is 1.58. The van der Waals surface area contributed by atoms with Crippen molar-refractivity contribution in [1.82, 2.24) is 4.90 Å². The highest BCUT2D eigenvalue weighted by Gasteiger charge is 2.46. The van der Waals surface area contributed by atoms with E-state index in [1.165, 1.54) is 4.90 Å². The monoisotopic (exact) mass is 501 g/mol. The smallest absolute Gasteiger partial charge is 0.295 e.